The highest BCUT2D eigenvalue weighted by molar-refractivity contribution is 7.97. The van der Waals surface area contributed by atoms with Crippen LogP contribution in [0.3, 0.4) is 0 Å². The van der Waals surface area contributed by atoms with Gasteiger partial charge in [0.1, 0.15) is 22.3 Å². The fourth-order valence-corrected chi connectivity index (χ4v) is 7.40. The van der Waals surface area contributed by atoms with Crippen molar-refractivity contribution in [1.82, 2.24) is 0 Å². The van der Waals surface area contributed by atoms with Crippen molar-refractivity contribution < 1.29 is 8.83 Å². The largest absolute Gasteiger partial charge is 0.456 e. The van der Waals surface area contributed by atoms with Gasteiger partial charge in [0.15, 0.2) is 0 Å². The molecular formula is C38H24O2S. The van der Waals surface area contributed by atoms with Crippen molar-refractivity contribution in [3.63, 3.8) is 0 Å². The zero-order valence-electron chi connectivity index (χ0n) is 22.2. The molecule has 1 aliphatic heterocycles. The van der Waals surface area contributed by atoms with Gasteiger partial charge in [-0.2, -0.15) is 11.8 Å². The monoisotopic (exact) mass is 544 g/mol. The van der Waals surface area contributed by atoms with Crippen LogP contribution >= 0.6 is 11.8 Å². The number of furan rings is 2. The van der Waals surface area contributed by atoms with E-state index in [-0.39, 0.29) is 0 Å². The SMILES string of the molecule is c1ccc2c(c1)oc1ccc(-c3ccc4c(c3)CSCc3ccc(-c5ccc6oc7ccccc7c6c5)cc3-4)cc12. The molecule has 0 spiro atoms. The van der Waals surface area contributed by atoms with E-state index in [0.717, 1.165) is 50.0 Å². The molecule has 1 aliphatic rings. The minimum Gasteiger partial charge on any atom is -0.456 e. The second-order valence-corrected chi connectivity index (χ2v) is 11.8. The van der Waals surface area contributed by atoms with Crippen LogP contribution in [0, 0.1) is 0 Å². The molecule has 0 atom stereocenters. The Morgan fingerprint density at radius 1 is 0.390 bits per heavy atom. The van der Waals surface area contributed by atoms with E-state index in [4.69, 9.17) is 8.83 Å². The maximum absolute atomic E-state index is 6.08. The molecule has 0 saturated carbocycles. The van der Waals surface area contributed by atoms with E-state index >= 15 is 0 Å². The first-order valence-electron chi connectivity index (χ1n) is 14.0. The number of fused-ring (bicyclic) bond motifs is 9. The maximum Gasteiger partial charge on any atom is 0.135 e. The summed E-state index contributed by atoms with van der Waals surface area (Å²) in [5.41, 5.74) is 14.1. The lowest BCUT2D eigenvalue weighted by Crippen LogP contribution is -1.91. The molecule has 0 N–H and O–H groups in total. The van der Waals surface area contributed by atoms with Crippen molar-refractivity contribution in [2.24, 2.45) is 0 Å². The van der Waals surface area contributed by atoms with Crippen LogP contribution in [0.25, 0.3) is 77.3 Å². The Hall–Kier alpha value is -4.73. The Bertz CT molecular complexity index is 2300. The predicted molar refractivity (Wildman–Crippen MR) is 172 cm³/mol. The fourth-order valence-electron chi connectivity index (χ4n) is 6.37. The molecule has 0 bridgehead atoms. The summed E-state index contributed by atoms with van der Waals surface area (Å²) in [4.78, 5) is 0. The van der Waals surface area contributed by atoms with Crippen LogP contribution in [0.4, 0.5) is 0 Å². The number of hydrogen-bond acceptors (Lipinski definition) is 3. The van der Waals surface area contributed by atoms with Gasteiger partial charge in [-0.3, -0.25) is 0 Å². The van der Waals surface area contributed by atoms with E-state index < -0.39 is 0 Å². The molecule has 0 aliphatic carbocycles. The number of hydrogen-bond donors (Lipinski definition) is 0. The van der Waals surface area contributed by atoms with Gasteiger partial charge in [0, 0.05) is 33.1 Å². The van der Waals surface area contributed by atoms with Gasteiger partial charge in [-0.15, -0.1) is 0 Å². The van der Waals surface area contributed by atoms with Gasteiger partial charge in [0.25, 0.3) is 0 Å². The number of para-hydroxylation sites is 2. The Morgan fingerprint density at radius 3 is 1.59 bits per heavy atom. The molecule has 0 radical (unpaired) electrons. The maximum atomic E-state index is 6.08. The van der Waals surface area contributed by atoms with E-state index in [1.165, 1.54) is 49.9 Å². The first-order chi connectivity index (χ1) is 20.3. The van der Waals surface area contributed by atoms with Crippen LogP contribution in [-0.4, -0.2) is 0 Å². The topological polar surface area (TPSA) is 26.3 Å². The summed E-state index contributed by atoms with van der Waals surface area (Å²) < 4.78 is 12.1. The summed E-state index contributed by atoms with van der Waals surface area (Å²) in [6.07, 6.45) is 0. The number of thioether (sulfide) groups is 1. The first-order valence-corrected chi connectivity index (χ1v) is 15.1. The molecule has 0 saturated heterocycles. The minimum atomic E-state index is 0.931. The molecule has 2 aromatic heterocycles. The second-order valence-electron chi connectivity index (χ2n) is 10.9. The van der Waals surface area contributed by atoms with Gasteiger partial charge in [-0.1, -0.05) is 72.8 Å². The Morgan fingerprint density at radius 2 is 0.902 bits per heavy atom. The van der Waals surface area contributed by atoms with Crippen LogP contribution in [-0.2, 0) is 11.5 Å². The van der Waals surface area contributed by atoms with Crippen molar-refractivity contribution in [3.05, 3.63) is 132 Å². The smallest absolute Gasteiger partial charge is 0.135 e. The van der Waals surface area contributed by atoms with Crippen molar-refractivity contribution in [3.8, 4) is 33.4 Å². The second kappa shape index (κ2) is 8.89. The molecule has 41 heavy (non-hydrogen) atoms. The van der Waals surface area contributed by atoms with E-state index in [2.05, 4.69) is 97.1 Å². The Balaban J connectivity index is 1.14. The summed E-state index contributed by atoms with van der Waals surface area (Å²) in [5.74, 6) is 2.01. The molecule has 6 aromatic carbocycles. The normalized spacial score (nSPS) is 13.1. The van der Waals surface area contributed by atoms with Crippen molar-refractivity contribution in [2.75, 3.05) is 0 Å². The number of rotatable bonds is 2. The van der Waals surface area contributed by atoms with E-state index in [1.807, 2.05) is 36.0 Å². The highest BCUT2D eigenvalue weighted by Gasteiger charge is 2.18. The average molecular weight is 545 g/mol. The van der Waals surface area contributed by atoms with Crippen LogP contribution in [0.1, 0.15) is 11.1 Å². The summed E-state index contributed by atoms with van der Waals surface area (Å²) in [7, 11) is 0. The fraction of sp³-hybridized carbons (Fsp3) is 0.0526. The number of benzene rings is 6. The van der Waals surface area contributed by atoms with E-state index in [0.29, 0.717) is 0 Å². The van der Waals surface area contributed by atoms with Gasteiger partial charge < -0.3 is 8.83 Å². The molecule has 0 fully saturated rings. The van der Waals surface area contributed by atoms with Crippen molar-refractivity contribution in [1.29, 1.82) is 0 Å². The molecule has 194 valence electrons. The molecule has 3 heteroatoms. The van der Waals surface area contributed by atoms with Crippen LogP contribution in [0.15, 0.2) is 130 Å². The average Bonchev–Trinajstić information content (AvgIpc) is 3.52. The van der Waals surface area contributed by atoms with Gasteiger partial charge in [-0.25, -0.2) is 0 Å². The van der Waals surface area contributed by atoms with Crippen molar-refractivity contribution >= 4 is 55.6 Å². The summed E-state index contributed by atoms with van der Waals surface area (Å²) in [6.45, 7) is 0. The van der Waals surface area contributed by atoms with Crippen LogP contribution in [0.5, 0.6) is 0 Å². The molecule has 8 aromatic rings. The highest BCUT2D eigenvalue weighted by Crippen LogP contribution is 2.41. The molecule has 9 rings (SSSR count). The van der Waals surface area contributed by atoms with E-state index in [1.54, 1.807) is 0 Å². The lowest BCUT2D eigenvalue weighted by Gasteiger charge is -2.13. The first kappa shape index (κ1) is 23.0. The molecule has 0 unspecified atom stereocenters. The zero-order valence-corrected chi connectivity index (χ0v) is 23.0. The third kappa shape index (κ3) is 3.66. The Labute approximate surface area is 241 Å². The molecular weight excluding hydrogens is 520 g/mol. The van der Waals surface area contributed by atoms with Crippen LogP contribution in [0.2, 0.25) is 0 Å². The van der Waals surface area contributed by atoms with Gasteiger partial charge in [-0.05, 0) is 93.0 Å². The molecule has 3 heterocycles. The van der Waals surface area contributed by atoms with Gasteiger partial charge in [0.05, 0.1) is 0 Å². The summed E-state index contributed by atoms with van der Waals surface area (Å²) >= 11 is 1.99. The van der Waals surface area contributed by atoms with Gasteiger partial charge >= 0.3 is 0 Å². The Kier molecular flexibility index (Phi) is 4.99. The zero-order chi connectivity index (χ0) is 26.9. The standard InChI is InChI=1S/C38H24O2S/c1-3-7-35-30(5-1)33-19-25(12-15-37(33)39-35)23-11-14-29-28(17-23)22-41-21-27-10-9-24(18-32(27)29)26-13-16-38-34(20-26)31-6-2-4-8-36(31)40-38/h1-20H,21-22H2. The van der Waals surface area contributed by atoms with Crippen LogP contribution < -0.4 is 0 Å². The lowest BCUT2D eigenvalue weighted by molar-refractivity contribution is 0.668. The predicted octanol–water partition coefficient (Wildman–Crippen LogP) is 11.2. The highest BCUT2D eigenvalue weighted by atomic mass is 32.2. The van der Waals surface area contributed by atoms with E-state index in [9.17, 15) is 0 Å². The third-order valence-corrected chi connectivity index (χ3v) is 9.47. The summed E-state index contributed by atoms with van der Waals surface area (Å²) in [6, 6.07) is 43.6. The minimum absolute atomic E-state index is 0.931. The summed E-state index contributed by atoms with van der Waals surface area (Å²) in [5, 5.41) is 4.66. The van der Waals surface area contributed by atoms with Crippen molar-refractivity contribution in [2.45, 2.75) is 11.5 Å². The molecule has 2 nitrogen and oxygen atoms in total. The third-order valence-electron chi connectivity index (χ3n) is 8.44. The molecule has 0 amide bonds. The quantitative estimate of drug-likeness (QED) is 0.216. The lowest BCUT2D eigenvalue weighted by atomic mass is 9.90. The van der Waals surface area contributed by atoms with Gasteiger partial charge in [0.2, 0.25) is 0 Å².